The summed E-state index contributed by atoms with van der Waals surface area (Å²) in [5.74, 6) is 0.313. The second kappa shape index (κ2) is 6.98. The van der Waals surface area contributed by atoms with Gasteiger partial charge < -0.3 is 5.11 Å². The van der Waals surface area contributed by atoms with Crippen LogP contribution in [0.4, 0.5) is 0 Å². The smallest absolute Gasteiger partial charge is 0.115 e. The zero-order valence-corrected chi connectivity index (χ0v) is 12.4. The highest BCUT2D eigenvalue weighted by molar-refractivity contribution is 5.39. The van der Waals surface area contributed by atoms with Gasteiger partial charge in [-0.2, -0.15) is 0 Å². The standard InChI is InChI=1S/C15H16O.C3H8/c1-15(2,12-6-4-3-5-7-12)13-8-10-14(16)11-9-13;1-3-2/h3-11,16H,1-2H3;3H2,1-2H3. The maximum absolute atomic E-state index is 9.29. The van der Waals surface area contributed by atoms with Gasteiger partial charge in [0.05, 0.1) is 0 Å². The van der Waals surface area contributed by atoms with Crippen LogP contribution in [0.5, 0.6) is 5.75 Å². The molecule has 0 saturated heterocycles. The summed E-state index contributed by atoms with van der Waals surface area (Å²) in [4.78, 5) is 0. The van der Waals surface area contributed by atoms with E-state index in [1.165, 1.54) is 17.5 Å². The van der Waals surface area contributed by atoms with Crippen molar-refractivity contribution in [2.75, 3.05) is 0 Å². The van der Waals surface area contributed by atoms with Crippen LogP contribution in [0, 0.1) is 0 Å². The zero-order chi connectivity index (χ0) is 14.3. The van der Waals surface area contributed by atoms with Crippen molar-refractivity contribution < 1.29 is 5.11 Å². The molecule has 0 saturated carbocycles. The normalized spacial score (nSPS) is 10.5. The Bertz CT molecular complexity index is 469. The summed E-state index contributed by atoms with van der Waals surface area (Å²) in [7, 11) is 0. The molecule has 0 atom stereocenters. The second-order valence-corrected chi connectivity index (χ2v) is 5.25. The molecule has 1 nitrogen and oxygen atoms in total. The van der Waals surface area contributed by atoms with E-state index in [1.807, 2.05) is 18.2 Å². The van der Waals surface area contributed by atoms with Gasteiger partial charge in [0.1, 0.15) is 5.75 Å². The monoisotopic (exact) mass is 256 g/mol. The summed E-state index contributed by atoms with van der Waals surface area (Å²) >= 11 is 0. The fourth-order valence-electron chi connectivity index (χ4n) is 1.90. The second-order valence-electron chi connectivity index (χ2n) is 5.25. The van der Waals surface area contributed by atoms with Gasteiger partial charge in [0.2, 0.25) is 0 Å². The van der Waals surface area contributed by atoms with Gasteiger partial charge in [-0.1, -0.05) is 76.6 Å². The fourth-order valence-corrected chi connectivity index (χ4v) is 1.90. The van der Waals surface area contributed by atoms with Crippen molar-refractivity contribution in [2.45, 2.75) is 39.5 Å². The first-order valence-electron chi connectivity index (χ1n) is 6.87. The van der Waals surface area contributed by atoms with Crippen LogP contribution in [0.3, 0.4) is 0 Å². The largest absolute Gasteiger partial charge is 0.508 e. The Morgan fingerprint density at radius 2 is 1.21 bits per heavy atom. The number of rotatable bonds is 2. The fraction of sp³-hybridized carbons (Fsp3) is 0.333. The van der Waals surface area contributed by atoms with Crippen molar-refractivity contribution in [3.63, 3.8) is 0 Å². The summed E-state index contributed by atoms with van der Waals surface area (Å²) in [6.45, 7) is 8.63. The van der Waals surface area contributed by atoms with Crippen LogP contribution in [0.15, 0.2) is 54.6 Å². The molecule has 2 aromatic carbocycles. The number of phenols is 1. The topological polar surface area (TPSA) is 20.2 Å². The molecule has 2 rings (SSSR count). The average Bonchev–Trinajstić information content (AvgIpc) is 2.41. The van der Waals surface area contributed by atoms with Crippen LogP contribution in [0.2, 0.25) is 0 Å². The van der Waals surface area contributed by atoms with Crippen molar-refractivity contribution in [3.05, 3.63) is 65.7 Å². The molecule has 0 fully saturated rings. The Hall–Kier alpha value is -1.76. The number of hydrogen-bond donors (Lipinski definition) is 1. The molecule has 0 spiro atoms. The Morgan fingerprint density at radius 3 is 1.68 bits per heavy atom. The molecule has 19 heavy (non-hydrogen) atoms. The third kappa shape index (κ3) is 4.13. The van der Waals surface area contributed by atoms with Crippen LogP contribution in [-0.2, 0) is 5.41 Å². The van der Waals surface area contributed by atoms with Crippen LogP contribution in [0.25, 0.3) is 0 Å². The highest BCUT2D eigenvalue weighted by Gasteiger charge is 2.22. The highest BCUT2D eigenvalue weighted by Crippen LogP contribution is 2.31. The first-order valence-corrected chi connectivity index (χ1v) is 6.87. The molecular formula is C18H24O. The summed E-state index contributed by atoms with van der Waals surface area (Å²) in [6.07, 6.45) is 1.25. The van der Waals surface area contributed by atoms with Gasteiger partial charge in [-0.15, -0.1) is 0 Å². The molecule has 0 radical (unpaired) electrons. The molecule has 102 valence electrons. The van der Waals surface area contributed by atoms with E-state index in [9.17, 15) is 5.11 Å². The predicted molar refractivity (Wildman–Crippen MR) is 82.6 cm³/mol. The first-order chi connectivity index (χ1) is 9.02. The van der Waals surface area contributed by atoms with Gasteiger partial charge in [0.15, 0.2) is 0 Å². The van der Waals surface area contributed by atoms with Crippen LogP contribution >= 0.6 is 0 Å². The van der Waals surface area contributed by atoms with E-state index >= 15 is 0 Å². The molecule has 0 aliphatic heterocycles. The van der Waals surface area contributed by atoms with Crippen LogP contribution < -0.4 is 0 Å². The third-order valence-corrected chi connectivity index (χ3v) is 3.08. The van der Waals surface area contributed by atoms with E-state index in [1.54, 1.807) is 12.1 Å². The summed E-state index contributed by atoms with van der Waals surface area (Å²) < 4.78 is 0. The molecule has 0 aliphatic rings. The van der Waals surface area contributed by atoms with Crippen molar-refractivity contribution in [3.8, 4) is 5.75 Å². The van der Waals surface area contributed by atoms with Crippen molar-refractivity contribution in [1.82, 2.24) is 0 Å². The lowest BCUT2D eigenvalue weighted by atomic mass is 9.78. The SMILES string of the molecule is CC(C)(c1ccccc1)c1ccc(O)cc1.CCC. The van der Waals surface area contributed by atoms with E-state index in [-0.39, 0.29) is 5.41 Å². The van der Waals surface area contributed by atoms with Crippen LogP contribution in [-0.4, -0.2) is 5.11 Å². The molecule has 1 N–H and O–H groups in total. The summed E-state index contributed by atoms with van der Waals surface area (Å²) in [6, 6.07) is 17.8. The number of benzene rings is 2. The first kappa shape index (κ1) is 15.3. The lowest BCUT2D eigenvalue weighted by Gasteiger charge is -2.26. The minimum atomic E-state index is -0.0328. The maximum Gasteiger partial charge on any atom is 0.115 e. The van der Waals surface area contributed by atoms with Gasteiger partial charge in [-0.25, -0.2) is 0 Å². The van der Waals surface area contributed by atoms with E-state index in [4.69, 9.17) is 0 Å². The molecule has 0 heterocycles. The minimum Gasteiger partial charge on any atom is -0.508 e. The quantitative estimate of drug-likeness (QED) is 0.789. The van der Waals surface area contributed by atoms with Crippen LogP contribution in [0.1, 0.15) is 45.2 Å². The molecule has 0 aromatic heterocycles. The third-order valence-electron chi connectivity index (χ3n) is 3.08. The number of phenolic OH excluding ortho intramolecular Hbond substituents is 1. The van der Waals surface area contributed by atoms with Gasteiger partial charge >= 0.3 is 0 Å². The van der Waals surface area contributed by atoms with Gasteiger partial charge in [-0.05, 0) is 23.3 Å². The molecular weight excluding hydrogens is 232 g/mol. The summed E-state index contributed by atoms with van der Waals surface area (Å²) in [5, 5.41) is 9.29. The Morgan fingerprint density at radius 1 is 0.789 bits per heavy atom. The zero-order valence-electron chi connectivity index (χ0n) is 12.4. The predicted octanol–water partition coefficient (Wildman–Crippen LogP) is 5.13. The van der Waals surface area contributed by atoms with Gasteiger partial charge in [0.25, 0.3) is 0 Å². The van der Waals surface area contributed by atoms with E-state index < -0.39 is 0 Å². The molecule has 0 aliphatic carbocycles. The Labute approximate surface area is 116 Å². The number of hydrogen-bond acceptors (Lipinski definition) is 1. The Balaban J connectivity index is 0.000000550. The van der Waals surface area contributed by atoms with Gasteiger partial charge in [0, 0.05) is 5.41 Å². The molecule has 0 unspecified atom stereocenters. The molecule has 0 bridgehead atoms. The lowest BCUT2D eigenvalue weighted by molar-refractivity contribution is 0.474. The van der Waals surface area contributed by atoms with E-state index in [0.717, 1.165) is 0 Å². The highest BCUT2D eigenvalue weighted by atomic mass is 16.3. The van der Waals surface area contributed by atoms with Crippen molar-refractivity contribution >= 4 is 0 Å². The molecule has 0 amide bonds. The van der Waals surface area contributed by atoms with Crippen molar-refractivity contribution in [1.29, 1.82) is 0 Å². The Kier molecular flexibility index (Phi) is 5.62. The number of aromatic hydroxyl groups is 1. The average molecular weight is 256 g/mol. The van der Waals surface area contributed by atoms with Gasteiger partial charge in [-0.3, -0.25) is 0 Å². The lowest BCUT2D eigenvalue weighted by Crippen LogP contribution is -2.18. The minimum absolute atomic E-state index is 0.0328. The van der Waals surface area contributed by atoms with Crippen molar-refractivity contribution in [2.24, 2.45) is 0 Å². The summed E-state index contributed by atoms with van der Waals surface area (Å²) in [5.41, 5.74) is 2.45. The maximum atomic E-state index is 9.29. The molecule has 1 heteroatoms. The van der Waals surface area contributed by atoms with E-state index in [2.05, 4.69) is 52.0 Å². The van der Waals surface area contributed by atoms with E-state index in [0.29, 0.717) is 5.75 Å². The molecule has 2 aromatic rings.